The van der Waals surface area contributed by atoms with E-state index in [1.807, 2.05) is 7.05 Å². The molecule has 1 aliphatic rings. The average Bonchev–Trinajstić information content (AvgIpc) is 2.29. The maximum absolute atomic E-state index is 12.1. The van der Waals surface area contributed by atoms with Gasteiger partial charge in [0.15, 0.2) is 0 Å². The van der Waals surface area contributed by atoms with Crippen LogP contribution in [0.2, 0.25) is 0 Å². The monoisotopic (exact) mass is 277 g/mol. The van der Waals surface area contributed by atoms with Crippen LogP contribution >= 0.6 is 0 Å². The lowest BCUT2D eigenvalue weighted by molar-refractivity contribution is 0.172. The van der Waals surface area contributed by atoms with Crippen molar-refractivity contribution in [1.29, 1.82) is 0 Å². The molecule has 0 saturated carbocycles. The Morgan fingerprint density at radius 2 is 1.78 bits per heavy atom. The second-order valence-electron chi connectivity index (χ2n) is 5.37. The topological polar surface area (TPSA) is 52.7 Å². The molecule has 5 nitrogen and oxygen atoms in total. The minimum Gasteiger partial charge on any atom is -0.320 e. The van der Waals surface area contributed by atoms with Gasteiger partial charge in [0.05, 0.1) is 5.75 Å². The summed E-state index contributed by atoms with van der Waals surface area (Å²) in [5.41, 5.74) is 0. The molecule has 1 fully saturated rings. The number of nitrogens with one attached hydrogen (secondary N) is 1. The molecule has 0 spiro atoms. The van der Waals surface area contributed by atoms with Gasteiger partial charge in [-0.15, -0.1) is 0 Å². The molecule has 1 rings (SSSR count). The number of rotatable bonds is 7. The highest BCUT2D eigenvalue weighted by molar-refractivity contribution is 7.89. The highest BCUT2D eigenvalue weighted by atomic mass is 32.2. The van der Waals surface area contributed by atoms with Crippen LogP contribution in [0.3, 0.4) is 0 Å². The highest BCUT2D eigenvalue weighted by Crippen LogP contribution is 2.10. The van der Waals surface area contributed by atoms with Crippen LogP contribution in [0.1, 0.15) is 20.3 Å². The fourth-order valence-corrected chi connectivity index (χ4v) is 3.75. The molecular formula is C12H27N3O2S. The molecule has 108 valence electrons. The first kappa shape index (κ1) is 15.9. The molecule has 18 heavy (non-hydrogen) atoms. The molecule has 1 aliphatic heterocycles. The number of sulfonamides is 1. The summed E-state index contributed by atoms with van der Waals surface area (Å²) in [7, 11) is -1.20. The van der Waals surface area contributed by atoms with E-state index in [1.165, 1.54) is 0 Å². The molecule has 0 aromatic carbocycles. The second kappa shape index (κ2) is 7.43. The molecule has 0 atom stereocenters. The molecule has 0 aromatic rings. The summed E-state index contributed by atoms with van der Waals surface area (Å²) < 4.78 is 25.8. The van der Waals surface area contributed by atoms with Gasteiger partial charge in [-0.25, -0.2) is 8.42 Å². The largest absolute Gasteiger partial charge is 0.320 e. The van der Waals surface area contributed by atoms with E-state index in [9.17, 15) is 8.42 Å². The van der Waals surface area contributed by atoms with Crippen molar-refractivity contribution >= 4 is 10.0 Å². The van der Waals surface area contributed by atoms with Crippen LogP contribution in [0, 0.1) is 5.92 Å². The molecular weight excluding hydrogens is 250 g/mol. The van der Waals surface area contributed by atoms with Crippen molar-refractivity contribution in [2.24, 2.45) is 5.92 Å². The van der Waals surface area contributed by atoms with Gasteiger partial charge in [0.1, 0.15) is 0 Å². The first-order chi connectivity index (χ1) is 8.45. The summed E-state index contributed by atoms with van der Waals surface area (Å²) in [6, 6.07) is 0. The van der Waals surface area contributed by atoms with Gasteiger partial charge in [0, 0.05) is 32.7 Å². The van der Waals surface area contributed by atoms with E-state index in [4.69, 9.17) is 0 Å². The Hall–Kier alpha value is -0.170. The average molecular weight is 277 g/mol. The van der Waals surface area contributed by atoms with E-state index in [2.05, 4.69) is 24.1 Å². The number of hydrogen-bond acceptors (Lipinski definition) is 4. The van der Waals surface area contributed by atoms with Crippen LogP contribution in [0.25, 0.3) is 0 Å². The predicted octanol–water partition coefficient (Wildman–Crippen LogP) is 0.199. The molecule has 0 radical (unpaired) electrons. The molecule has 0 unspecified atom stereocenters. The molecule has 0 bridgehead atoms. The van der Waals surface area contributed by atoms with E-state index in [0.29, 0.717) is 25.4 Å². The molecule has 1 N–H and O–H groups in total. The number of piperazine rings is 1. The molecule has 6 heteroatoms. The summed E-state index contributed by atoms with van der Waals surface area (Å²) in [6.07, 6.45) is 0.686. The lowest BCUT2D eigenvalue weighted by atomic mass is 10.2. The van der Waals surface area contributed by atoms with Gasteiger partial charge in [-0.3, -0.25) is 0 Å². The van der Waals surface area contributed by atoms with Crippen LogP contribution in [-0.2, 0) is 10.0 Å². The molecule has 1 heterocycles. The maximum atomic E-state index is 12.1. The first-order valence-electron chi connectivity index (χ1n) is 6.80. The van der Waals surface area contributed by atoms with E-state index >= 15 is 0 Å². The Bertz CT molecular complexity index is 322. The SMILES string of the molecule is CNCCCS(=O)(=O)N1CCN(CC(C)C)CC1. The number of hydrogen-bond donors (Lipinski definition) is 1. The van der Waals surface area contributed by atoms with E-state index in [-0.39, 0.29) is 5.75 Å². The second-order valence-corrected chi connectivity index (χ2v) is 7.46. The van der Waals surface area contributed by atoms with Crippen molar-refractivity contribution in [2.45, 2.75) is 20.3 Å². The Balaban J connectivity index is 2.37. The van der Waals surface area contributed by atoms with Gasteiger partial charge in [-0.05, 0) is 25.9 Å². The summed E-state index contributed by atoms with van der Waals surface area (Å²) in [5, 5.41) is 2.98. The fraction of sp³-hybridized carbons (Fsp3) is 1.00. The minimum atomic E-state index is -3.04. The summed E-state index contributed by atoms with van der Waals surface area (Å²) in [4.78, 5) is 2.35. The summed E-state index contributed by atoms with van der Waals surface area (Å²) in [6.45, 7) is 9.23. The predicted molar refractivity (Wildman–Crippen MR) is 75.2 cm³/mol. The Morgan fingerprint density at radius 3 is 2.28 bits per heavy atom. The first-order valence-corrected chi connectivity index (χ1v) is 8.41. The quantitative estimate of drug-likeness (QED) is 0.676. The van der Waals surface area contributed by atoms with Crippen LogP contribution in [0.5, 0.6) is 0 Å². The maximum Gasteiger partial charge on any atom is 0.214 e. The normalized spacial score (nSPS) is 19.6. The molecule has 0 aromatic heterocycles. The lowest BCUT2D eigenvalue weighted by Gasteiger charge is -2.34. The van der Waals surface area contributed by atoms with Gasteiger partial charge < -0.3 is 10.2 Å². The standard InChI is InChI=1S/C12H27N3O2S/c1-12(2)11-14-6-8-15(9-7-14)18(16,17)10-4-5-13-3/h12-13H,4-11H2,1-3H3. The van der Waals surface area contributed by atoms with Crippen molar-refractivity contribution in [1.82, 2.24) is 14.5 Å². The fourth-order valence-electron chi connectivity index (χ4n) is 2.27. The minimum absolute atomic E-state index is 0.262. The third-order valence-electron chi connectivity index (χ3n) is 3.18. The zero-order valence-corrected chi connectivity index (χ0v) is 12.7. The van der Waals surface area contributed by atoms with E-state index < -0.39 is 10.0 Å². The van der Waals surface area contributed by atoms with Crippen LogP contribution < -0.4 is 5.32 Å². The molecule has 0 aliphatic carbocycles. The number of nitrogens with zero attached hydrogens (tertiary/aromatic N) is 2. The van der Waals surface area contributed by atoms with Gasteiger partial charge >= 0.3 is 0 Å². The van der Waals surface area contributed by atoms with Crippen molar-refractivity contribution in [3.05, 3.63) is 0 Å². The van der Waals surface area contributed by atoms with Crippen molar-refractivity contribution in [3.8, 4) is 0 Å². The van der Waals surface area contributed by atoms with Crippen molar-refractivity contribution in [2.75, 3.05) is 52.1 Å². The third-order valence-corrected chi connectivity index (χ3v) is 5.13. The van der Waals surface area contributed by atoms with Crippen molar-refractivity contribution < 1.29 is 8.42 Å². The van der Waals surface area contributed by atoms with Gasteiger partial charge in [-0.2, -0.15) is 4.31 Å². The zero-order chi connectivity index (χ0) is 13.6. The smallest absolute Gasteiger partial charge is 0.214 e. The lowest BCUT2D eigenvalue weighted by Crippen LogP contribution is -2.50. The van der Waals surface area contributed by atoms with Gasteiger partial charge in [0.25, 0.3) is 0 Å². The van der Waals surface area contributed by atoms with Crippen molar-refractivity contribution in [3.63, 3.8) is 0 Å². The van der Waals surface area contributed by atoms with Crippen LogP contribution in [-0.4, -0.2) is 69.7 Å². The molecule has 0 amide bonds. The highest BCUT2D eigenvalue weighted by Gasteiger charge is 2.26. The van der Waals surface area contributed by atoms with Gasteiger partial charge in [-0.1, -0.05) is 13.8 Å². The van der Waals surface area contributed by atoms with E-state index in [0.717, 1.165) is 26.2 Å². The van der Waals surface area contributed by atoms with Crippen LogP contribution in [0.4, 0.5) is 0 Å². The van der Waals surface area contributed by atoms with Gasteiger partial charge in [0.2, 0.25) is 10.0 Å². The Morgan fingerprint density at radius 1 is 1.17 bits per heavy atom. The third kappa shape index (κ3) is 5.22. The van der Waals surface area contributed by atoms with E-state index in [1.54, 1.807) is 4.31 Å². The van der Waals surface area contributed by atoms with Crippen LogP contribution in [0.15, 0.2) is 0 Å². The Kier molecular flexibility index (Phi) is 6.55. The molecule has 1 saturated heterocycles. The summed E-state index contributed by atoms with van der Waals surface area (Å²) in [5.74, 6) is 0.904. The zero-order valence-electron chi connectivity index (χ0n) is 11.9. The summed E-state index contributed by atoms with van der Waals surface area (Å²) >= 11 is 0. The Labute approximate surface area is 112 Å².